The molecular weight excluding hydrogens is 415 g/mol. The molecule has 1 saturated heterocycles. The molecular formula is C21H20Cl2N2O4. The van der Waals surface area contributed by atoms with Gasteiger partial charge in [-0.1, -0.05) is 47.5 Å². The van der Waals surface area contributed by atoms with Gasteiger partial charge in [-0.2, -0.15) is 0 Å². The van der Waals surface area contributed by atoms with Gasteiger partial charge in [0.1, 0.15) is 24.0 Å². The molecule has 2 aromatic carbocycles. The number of aryl methyl sites for hydroxylation is 1. The Balaban J connectivity index is 1.46. The molecule has 1 heterocycles. The first kappa shape index (κ1) is 20.0. The molecule has 0 radical (unpaired) electrons. The molecule has 2 aromatic rings. The van der Waals surface area contributed by atoms with E-state index in [1.165, 1.54) is 6.07 Å². The van der Waals surface area contributed by atoms with E-state index in [4.69, 9.17) is 27.9 Å². The summed E-state index contributed by atoms with van der Waals surface area (Å²) in [4.78, 5) is 26.9. The number of aliphatic hydroxyl groups excluding tert-OH is 1. The van der Waals surface area contributed by atoms with Crippen molar-refractivity contribution in [1.29, 1.82) is 0 Å². The normalized spacial score (nSPS) is 21.8. The molecule has 4 rings (SSSR count). The third-order valence-corrected chi connectivity index (χ3v) is 5.90. The topological polar surface area (TPSA) is 78.9 Å². The van der Waals surface area contributed by atoms with E-state index >= 15 is 0 Å². The van der Waals surface area contributed by atoms with Crippen molar-refractivity contribution in [3.8, 4) is 5.75 Å². The number of fused-ring (bicyclic) bond motifs is 2. The lowest BCUT2D eigenvalue weighted by Gasteiger charge is -2.33. The molecule has 1 aliphatic heterocycles. The van der Waals surface area contributed by atoms with Crippen molar-refractivity contribution in [2.75, 3.05) is 13.2 Å². The molecule has 1 spiro atoms. The smallest absolute Gasteiger partial charge is 0.325 e. The van der Waals surface area contributed by atoms with E-state index in [1.54, 1.807) is 12.1 Å². The highest BCUT2D eigenvalue weighted by Gasteiger charge is 2.54. The number of amides is 3. The average Bonchev–Trinajstić information content (AvgIpc) is 2.92. The van der Waals surface area contributed by atoms with E-state index in [0.717, 1.165) is 28.9 Å². The third kappa shape index (κ3) is 3.68. The number of rotatable bonds is 5. The van der Waals surface area contributed by atoms with Crippen molar-refractivity contribution in [2.24, 2.45) is 0 Å². The van der Waals surface area contributed by atoms with E-state index in [-0.39, 0.29) is 19.1 Å². The Labute approximate surface area is 178 Å². The highest BCUT2D eigenvalue weighted by molar-refractivity contribution is 6.35. The maximum Gasteiger partial charge on any atom is 0.325 e. The molecule has 2 N–H and O–H groups in total. The van der Waals surface area contributed by atoms with Crippen LogP contribution in [-0.2, 0) is 16.8 Å². The Kier molecular flexibility index (Phi) is 5.42. The van der Waals surface area contributed by atoms with Crippen LogP contribution in [0.5, 0.6) is 5.75 Å². The molecule has 29 heavy (non-hydrogen) atoms. The predicted octanol–water partition coefficient (Wildman–Crippen LogP) is 3.52. The Bertz CT molecular complexity index is 967. The van der Waals surface area contributed by atoms with E-state index in [2.05, 4.69) is 5.32 Å². The van der Waals surface area contributed by atoms with Crippen LogP contribution >= 0.6 is 23.2 Å². The number of carbonyl (C=O) groups excluding carboxylic acids is 2. The minimum Gasteiger partial charge on any atom is -0.489 e. The van der Waals surface area contributed by atoms with E-state index < -0.39 is 17.7 Å². The van der Waals surface area contributed by atoms with Crippen LogP contribution in [0.1, 0.15) is 24.0 Å². The number of urea groups is 1. The highest BCUT2D eigenvalue weighted by Crippen LogP contribution is 2.40. The Morgan fingerprint density at radius 2 is 2.00 bits per heavy atom. The number of halogens is 2. The Morgan fingerprint density at radius 1 is 1.21 bits per heavy atom. The Hall–Kier alpha value is -2.28. The number of nitrogens with zero attached hydrogens (tertiary/aromatic N) is 1. The van der Waals surface area contributed by atoms with Gasteiger partial charge in [-0.25, -0.2) is 4.79 Å². The lowest BCUT2D eigenvalue weighted by molar-refractivity contribution is -0.133. The summed E-state index contributed by atoms with van der Waals surface area (Å²) in [5, 5.41) is 14.0. The number of benzene rings is 2. The summed E-state index contributed by atoms with van der Waals surface area (Å²) in [5.41, 5.74) is 0.854. The maximum absolute atomic E-state index is 13.2. The summed E-state index contributed by atoms with van der Waals surface area (Å²) >= 11 is 11.9. The fraction of sp³-hybridized carbons (Fsp3) is 0.333. The molecule has 1 aliphatic carbocycles. The number of aliphatic hydroxyl groups is 1. The van der Waals surface area contributed by atoms with Gasteiger partial charge in [-0.05, 0) is 48.6 Å². The molecule has 1 fully saturated rings. The third-order valence-electron chi connectivity index (χ3n) is 5.37. The molecule has 3 amide bonds. The molecule has 8 heteroatoms. The number of imide groups is 1. The van der Waals surface area contributed by atoms with Crippen molar-refractivity contribution < 1.29 is 19.4 Å². The summed E-state index contributed by atoms with van der Waals surface area (Å²) < 4.78 is 5.52. The molecule has 152 valence electrons. The largest absolute Gasteiger partial charge is 0.489 e. The molecule has 6 nitrogen and oxygen atoms in total. The maximum atomic E-state index is 13.2. The summed E-state index contributed by atoms with van der Waals surface area (Å²) in [7, 11) is 0. The van der Waals surface area contributed by atoms with Crippen molar-refractivity contribution in [2.45, 2.75) is 30.9 Å². The van der Waals surface area contributed by atoms with Crippen LogP contribution in [0.3, 0.4) is 0 Å². The van der Waals surface area contributed by atoms with Gasteiger partial charge in [-0.15, -0.1) is 0 Å². The number of ether oxygens (including phenoxy) is 1. The number of β-amino-alcohol motifs (C(OH)–C–C–N with tert-alkyl or cyclic N) is 1. The SMILES string of the molecule is O=C1N[C@@]2(CCCc3ccccc32)C(=O)N1C[C@H](O)COc1ccc(Cl)cc1Cl. The fourth-order valence-corrected chi connectivity index (χ4v) is 4.48. The molecule has 0 aromatic heterocycles. The van der Waals surface area contributed by atoms with Gasteiger partial charge in [0.05, 0.1) is 11.6 Å². The van der Waals surface area contributed by atoms with Crippen molar-refractivity contribution in [1.82, 2.24) is 10.2 Å². The van der Waals surface area contributed by atoms with Gasteiger partial charge >= 0.3 is 6.03 Å². The molecule has 0 bridgehead atoms. The van der Waals surface area contributed by atoms with Gasteiger partial charge in [0.15, 0.2) is 0 Å². The van der Waals surface area contributed by atoms with Gasteiger partial charge in [0, 0.05) is 5.02 Å². The first-order valence-corrected chi connectivity index (χ1v) is 10.1. The monoisotopic (exact) mass is 434 g/mol. The minimum absolute atomic E-state index is 0.123. The van der Waals surface area contributed by atoms with Crippen LogP contribution in [0.4, 0.5) is 4.79 Å². The van der Waals surface area contributed by atoms with E-state index in [1.807, 2.05) is 24.3 Å². The number of nitrogens with one attached hydrogen (secondary N) is 1. The second kappa shape index (κ2) is 7.86. The number of hydrogen-bond acceptors (Lipinski definition) is 4. The summed E-state index contributed by atoms with van der Waals surface area (Å²) in [6.07, 6.45) is 1.15. The zero-order chi connectivity index (χ0) is 20.6. The summed E-state index contributed by atoms with van der Waals surface area (Å²) in [5.74, 6) is 0.0308. The second-order valence-electron chi connectivity index (χ2n) is 7.30. The second-order valence-corrected chi connectivity index (χ2v) is 8.15. The highest BCUT2D eigenvalue weighted by atomic mass is 35.5. The molecule has 2 atom stereocenters. The summed E-state index contributed by atoms with van der Waals surface area (Å²) in [6.45, 7) is -0.290. The molecule has 2 aliphatic rings. The van der Waals surface area contributed by atoms with Crippen LogP contribution in [0.2, 0.25) is 10.0 Å². The molecule has 0 unspecified atom stereocenters. The van der Waals surface area contributed by atoms with Crippen molar-refractivity contribution >= 4 is 35.1 Å². The van der Waals surface area contributed by atoms with Crippen LogP contribution in [0, 0.1) is 0 Å². The molecule has 0 saturated carbocycles. The first-order valence-electron chi connectivity index (χ1n) is 9.39. The van der Waals surface area contributed by atoms with E-state index in [9.17, 15) is 14.7 Å². The van der Waals surface area contributed by atoms with Crippen LogP contribution in [0.15, 0.2) is 42.5 Å². The van der Waals surface area contributed by atoms with Gasteiger partial charge in [0.25, 0.3) is 5.91 Å². The standard InChI is InChI=1S/C21H20Cl2N2O4/c22-14-7-8-18(17(23)10-14)29-12-15(26)11-25-19(27)21(24-20(25)28)9-3-5-13-4-1-2-6-16(13)21/h1-2,4,6-8,10,15,26H,3,5,9,11-12H2,(H,24,28)/t15-,21+/m0/s1. The lowest BCUT2D eigenvalue weighted by atomic mass is 9.76. The van der Waals surface area contributed by atoms with Gasteiger partial charge < -0.3 is 15.2 Å². The predicted molar refractivity (Wildman–Crippen MR) is 109 cm³/mol. The van der Waals surface area contributed by atoms with Gasteiger partial charge in [0.2, 0.25) is 0 Å². The first-order chi connectivity index (χ1) is 13.9. The van der Waals surface area contributed by atoms with Crippen molar-refractivity contribution in [3.05, 3.63) is 63.6 Å². The number of hydrogen-bond donors (Lipinski definition) is 2. The Morgan fingerprint density at radius 3 is 2.79 bits per heavy atom. The number of carbonyl (C=O) groups is 2. The van der Waals surface area contributed by atoms with Crippen molar-refractivity contribution in [3.63, 3.8) is 0 Å². The van der Waals surface area contributed by atoms with Gasteiger partial charge in [-0.3, -0.25) is 9.69 Å². The average molecular weight is 435 g/mol. The summed E-state index contributed by atoms with van der Waals surface area (Å²) in [6, 6.07) is 11.9. The lowest BCUT2D eigenvalue weighted by Crippen LogP contribution is -2.47. The zero-order valence-electron chi connectivity index (χ0n) is 15.5. The quantitative estimate of drug-likeness (QED) is 0.705. The minimum atomic E-state index is -1.06. The van der Waals surface area contributed by atoms with Crippen LogP contribution in [0.25, 0.3) is 0 Å². The fourth-order valence-electron chi connectivity index (χ4n) is 4.02. The van der Waals surface area contributed by atoms with Crippen LogP contribution in [-0.4, -0.2) is 41.2 Å². The zero-order valence-corrected chi connectivity index (χ0v) is 17.0. The van der Waals surface area contributed by atoms with E-state index in [0.29, 0.717) is 22.2 Å². The van der Waals surface area contributed by atoms with Crippen LogP contribution < -0.4 is 10.1 Å².